The van der Waals surface area contributed by atoms with E-state index in [0.29, 0.717) is 11.3 Å². The predicted octanol–water partition coefficient (Wildman–Crippen LogP) is 4.32. The van der Waals surface area contributed by atoms with E-state index < -0.39 is 5.97 Å². The highest BCUT2D eigenvalue weighted by molar-refractivity contribution is 5.70. The molecule has 4 heteroatoms. The molecule has 2 aromatic rings. The minimum atomic E-state index is -1.26. The fourth-order valence-corrected chi connectivity index (χ4v) is 3.46. The van der Waals surface area contributed by atoms with Crippen LogP contribution in [-0.4, -0.2) is 20.2 Å². The van der Waals surface area contributed by atoms with Crippen LogP contribution in [-0.2, 0) is 14.2 Å². The standard InChI is InChI=1S/C21H21NO3/c1-15-19(16-10-6-4-7-11-16)18(14-22)20(17-12-8-5-9-13-17)25-21(15,23-2)24-3/h4-13,15,19H,1-3H3. The van der Waals surface area contributed by atoms with Crippen molar-refractivity contribution in [2.75, 3.05) is 14.2 Å². The SMILES string of the molecule is COC1(OC)OC(c2ccccc2)=C(C#N)C(c2ccccc2)C1C. The summed E-state index contributed by atoms with van der Waals surface area (Å²) in [6.07, 6.45) is 0. The van der Waals surface area contributed by atoms with Crippen LogP contribution in [0.4, 0.5) is 0 Å². The third kappa shape index (κ3) is 2.93. The van der Waals surface area contributed by atoms with Gasteiger partial charge in [-0.2, -0.15) is 5.26 Å². The molecule has 3 rings (SSSR count). The monoisotopic (exact) mass is 335 g/mol. The Morgan fingerprint density at radius 1 is 0.960 bits per heavy atom. The summed E-state index contributed by atoms with van der Waals surface area (Å²) in [6, 6.07) is 21.9. The molecule has 0 aromatic heterocycles. The van der Waals surface area contributed by atoms with Gasteiger partial charge >= 0.3 is 5.97 Å². The summed E-state index contributed by atoms with van der Waals surface area (Å²) >= 11 is 0. The van der Waals surface area contributed by atoms with Gasteiger partial charge in [-0.3, -0.25) is 0 Å². The van der Waals surface area contributed by atoms with E-state index in [9.17, 15) is 5.26 Å². The van der Waals surface area contributed by atoms with Crippen molar-refractivity contribution in [3.63, 3.8) is 0 Å². The van der Waals surface area contributed by atoms with E-state index in [1.807, 2.05) is 67.6 Å². The molecule has 0 saturated carbocycles. The number of methoxy groups -OCH3 is 2. The van der Waals surface area contributed by atoms with E-state index in [1.54, 1.807) is 14.2 Å². The van der Waals surface area contributed by atoms with Gasteiger partial charge in [-0.1, -0.05) is 67.6 Å². The molecule has 0 aliphatic carbocycles. The number of allylic oxidation sites excluding steroid dienone is 1. The summed E-state index contributed by atoms with van der Waals surface area (Å²) in [6.45, 7) is 1.98. The number of benzene rings is 2. The Morgan fingerprint density at radius 3 is 2.04 bits per heavy atom. The van der Waals surface area contributed by atoms with Crippen LogP contribution in [0, 0.1) is 17.2 Å². The zero-order chi connectivity index (χ0) is 17.9. The van der Waals surface area contributed by atoms with Crippen molar-refractivity contribution in [1.29, 1.82) is 5.26 Å². The summed E-state index contributed by atoms with van der Waals surface area (Å²) in [4.78, 5) is 0. The van der Waals surface area contributed by atoms with Crippen LogP contribution in [0.3, 0.4) is 0 Å². The van der Waals surface area contributed by atoms with Crippen LogP contribution < -0.4 is 0 Å². The van der Waals surface area contributed by atoms with Gasteiger partial charge in [-0.25, -0.2) is 0 Å². The van der Waals surface area contributed by atoms with Crippen molar-refractivity contribution in [2.45, 2.75) is 18.8 Å². The zero-order valence-corrected chi connectivity index (χ0v) is 14.6. The molecule has 0 saturated heterocycles. The summed E-state index contributed by atoms with van der Waals surface area (Å²) in [5.74, 6) is -1.17. The number of hydrogen-bond donors (Lipinski definition) is 0. The predicted molar refractivity (Wildman–Crippen MR) is 95.2 cm³/mol. The Kier molecular flexibility index (Phi) is 4.89. The molecule has 2 aromatic carbocycles. The first-order chi connectivity index (χ1) is 12.2. The summed E-state index contributed by atoms with van der Waals surface area (Å²) < 4.78 is 17.4. The van der Waals surface area contributed by atoms with Gasteiger partial charge in [0.2, 0.25) is 0 Å². The molecule has 25 heavy (non-hydrogen) atoms. The normalized spacial score (nSPS) is 22.2. The fraction of sp³-hybridized carbons (Fsp3) is 0.286. The second-order valence-corrected chi connectivity index (χ2v) is 6.01. The summed E-state index contributed by atoms with van der Waals surface area (Å²) in [5.41, 5.74) is 2.43. The van der Waals surface area contributed by atoms with Crippen LogP contribution in [0.5, 0.6) is 0 Å². The molecule has 1 heterocycles. The van der Waals surface area contributed by atoms with Gasteiger partial charge in [-0.15, -0.1) is 0 Å². The van der Waals surface area contributed by atoms with Crippen LogP contribution in [0.25, 0.3) is 5.76 Å². The van der Waals surface area contributed by atoms with Crippen molar-refractivity contribution < 1.29 is 14.2 Å². The Bertz CT molecular complexity index is 789. The van der Waals surface area contributed by atoms with Gasteiger partial charge in [0.05, 0.1) is 17.6 Å². The molecule has 4 nitrogen and oxygen atoms in total. The topological polar surface area (TPSA) is 51.5 Å². The molecule has 0 bridgehead atoms. The molecule has 0 N–H and O–H groups in total. The number of rotatable bonds is 4. The lowest BCUT2D eigenvalue weighted by molar-refractivity contribution is -0.366. The molecular weight excluding hydrogens is 314 g/mol. The van der Waals surface area contributed by atoms with Crippen molar-refractivity contribution in [2.24, 2.45) is 5.92 Å². The Balaban J connectivity index is 2.24. The molecule has 0 radical (unpaired) electrons. The molecule has 1 aliphatic heterocycles. The Hall–Kier alpha value is -2.61. The average molecular weight is 335 g/mol. The second-order valence-electron chi connectivity index (χ2n) is 6.01. The van der Waals surface area contributed by atoms with Crippen LogP contribution >= 0.6 is 0 Å². The molecule has 1 aliphatic rings. The number of nitriles is 1. The van der Waals surface area contributed by atoms with Crippen molar-refractivity contribution >= 4 is 5.76 Å². The van der Waals surface area contributed by atoms with Crippen LogP contribution in [0.15, 0.2) is 66.2 Å². The largest absolute Gasteiger partial charge is 0.437 e. The number of ether oxygens (including phenoxy) is 3. The molecule has 0 fully saturated rings. The minimum absolute atomic E-state index is 0.199. The molecule has 0 spiro atoms. The van der Waals surface area contributed by atoms with Crippen molar-refractivity contribution in [1.82, 2.24) is 0 Å². The maximum Gasteiger partial charge on any atom is 0.330 e. The zero-order valence-electron chi connectivity index (χ0n) is 14.6. The fourth-order valence-electron chi connectivity index (χ4n) is 3.46. The number of hydrogen-bond acceptors (Lipinski definition) is 4. The van der Waals surface area contributed by atoms with E-state index in [4.69, 9.17) is 14.2 Å². The summed E-state index contributed by atoms with van der Waals surface area (Å²) in [5, 5.41) is 9.92. The van der Waals surface area contributed by atoms with E-state index in [-0.39, 0.29) is 11.8 Å². The first kappa shape index (κ1) is 17.2. The van der Waals surface area contributed by atoms with E-state index in [1.165, 1.54) is 0 Å². The highest BCUT2D eigenvalue weighted by Crippen LogP contribution is 2.49. The molecule has 2 unspecified atom stereocenters. The molecule has 2 atom stereocenters. The Labute approximate surface area is 148 Å². The van der Waals surface area contributed by atoms with Gasteiger partial charge in [-0.05, 0) is 5.56 Å². The minimum Gasteiger partial charge on any atom is -0.437 e. The maximum atomic E-state index is 9.92. The van der Waals surface area contributed by atoms with Gasteiger partial charge in [0.1, 0.15) is 5.76 Å². The lowest BCUT2D eigenvalue weighted by Gasteiger charge is -2.44. The quantitative estimate of drug-likeness (QED) is 0.781. The smallest absolute Gasteiger partial charge is 0.330 e. The van der Waals surface area contributed by atoms with Crippen LogP contribution in [0.2, 0.25) is 0 Å². The maximum absolute atomic E-state index is 9.92. The molecule has 0 amide bonds. The van der Waals surface area contributed by atoms with E-state index >= 15 is 0 Å². The molecule has 128 valence electrons. The molecular formula is C21H21NO3. The summed E-state index contributed by atoms with van der Waals surface area (Å²) in [7, 11) is 3.12. The second kappa shape index (κ2) is 7.10. The highest BCUT2D eigenvalue weighted by Gasteiger charge is 2.51. The average Bonchev–Trinajstić information content (AvgIpc) is 2.69. The lowest BCUT2D eigenvalue weighted by atomic mass is 9.77. The van der Waals surface area contributed by atoms with Gasteiger partial charge in [0.15, 0.2) is 0 Å². The van der Waals surface area contributed by atoms with Crippen LogP contribution in [0.1, 0.15) is 24.0 Å². The first-order valence-electron chi connectivity index (χ1n) is 8.20. The van der Waals surface area contributed by atoms with E-state index in [0.717, 1.165) is 11.1 Å². The van der Waals surface area contributed by atoms with E-state index in [2.05, 4.69) is 6.07 Å². The van der Waals surface area contributed by atoms with Gasteiger partial charge in [0.25, 0.3) is 0 Å². The lowest BCUT2D eigenvalue weighted by Crippen LogP contribution is -2.48. The van der Waals surface area contributed by atoms with Gasteiger partial charge in [0, 0.05) is 25.7 Å². The van der Waals surface area contributed by atoms with Gasteiger partial charge < -0.3 is 14.2 Å². The van der Waals surface area contributed by atoms with Crippen molar-refractivity contribution in [3.8, 4) is 6.07 Å². The number of nitrogens with zero attached hydrogens (tertiary/aromatic N) is 1. The highest BCUT2D eigenvalue weighted by atomic mass is 16.9. The Morgan fingerprint density at radius 2 is 1.52 bits per heavy atom. The van der Waals surface area contributed by atoms with Crippen molar-refractivity contribution in [3.05, 3.63) is 77.4 Å². The first-order valence-corrected chi connectivity index (χ1v) is 8.20. The third-order valence-electron chi connectivity index (χ3n) is 4.74. The third-order valence-corrected chi connectivity index (χ3v) is 4.74.